The molecule has 0 saturated carbocycles. The normalized spacial score (nSPS) is 10.8. The zero-order chi connectivity index (χ0) is 12.5. The van der Waals surface area contributed by atoms with Crippen LogP contribution in [-0.2, 0) is 6.42 Å². The van der Waals surface area contributed by atoms with Gasteiger partial charge in [-0.25, -0.2) is 0 Å². The molecule has 0 fully saturated rings. The maximum absolute atomic E-state index is 5.68. The lowest BCUT2D eigenvalue weighted by Crippen LogP contribution is -2.16. The number of rotatable bonds is 8. The van der Waals surface area contributed by atoms with Crippen LogP contribution in [0.5, 0.6) is 5.75 Å². The predicted octanol–water partition coefficient (Wildman–Crippen LogP) is 3.41. The Morgan fingerprint density at radius 1 is 1.24 bits per heavy atom. The van der Waals surface area contributed by atoms with Gasteiger partial charge in [-0.3, -0.25) is 0 Å². The summed E-state index contributed by atoms with van der Waals surface area (Å²) < 4.78 is 5.68. The second kappa shape index (κ2) is 8.13. The van der Waals surface area contributed by atoms with E-state index in [0.29, 0.717) is 0 Å². The molecule has 1 N–H and O–H groups in total. The highest BCUT2D eigenvalue weighted by atomic mass is 16.5. The minimum atomic E-state index is 0.247. The first-order valence-corrected chi connectivity index (χ1v) is 6.68. The lowest BCUT2D eigenvalue weighted by atomic mass is 10.1. The number of aryl methyl sites for hydroxylation is 1. The quantitative estimate of drug-likeness (QED) is 0.697. The van der Waals surface area contributed by atoms with Crippen molar-refractivity contribution in [2.75, 3.05) is 13.1 Å². The van der Waals surface area contributed by atoms with E-state index in [1.54, 1.807) is 0 Å². The average molecular weight is 235 g/mol. The number of nitrogens with one attached hydrogen (secondary N) is 1. The highest BCUT2D eigenvalue weighted by molar-refractivity contribution is 5.28. The molecule has 0 saturated heterocycles. The molecule has 0 aliphatic carbocycles. The Labute approximate surface area is 105 Å². The molecule has 0 aliphatic heterocycles. The van der Waals surface area contributed by atoms with Crippen LogP contribution in [0.3, 0.4) is 0 Å². The van der Waals surface area contributed by atoms with E-state index in [0.717, 1.165) is 25.3 Å². The summed E-state index contributed by atoms with van der Waals surface area (Å²) in [5.74, 6) is 0.985. The van der Waals surface area contributed by atoms with E-state index in [1.165, 1.54) is 18.4 Å². The van der Waals surface area contributed by atoms with Crippen LogP contribution in [0, 0.1) is 0 Å². The van der Waals surface area contributed by atoms with Gasteiger partial charge in [0.25, 0.3) is 0 Å². The fourth-order valence-corrected chi connectivity index (χ4v) is 1.77. The molecule has 0 atom stereocenters. The van der Waals surface area contributed by atoms with Crippen molar-refractivity contribution in [3.05, 3.63) is 29.8 Å². The zero-order valence-electron chi connectivity index (χ0n) is 11.3. The summed E-state index contributed by atoms with van der Waals surface area (Å²) in [5.41, 5.74) is 1.36. The van der Waals surface area contributed by atoms with Crippen molar-refractivity contribution in [3.63, 3.8) is 0 Å². The van der Waals surface area contributed by atoms with Gasteiger partial charge in [0.2, 0.25) is 0 Å². The SMILES string of the molecule is CCCNCCCc1cccc(OC(C)C)c1. The van der Waals surface area contributed by atoms with Gasteiger partial charge >= 0.3 is 0 Å². The van der Waals surface area contributed by atoms with Gasteiger partial charge in [0.1, 0.15) is 5.75 Å². The maximum atomic E-state index is 5.68. The van der Waals surface area contributed by atoms with Crippen LogP contribution in [0.15, 0.2) is 24.3 Å². The molecular formula is C15H25NO. The highest BCUT2D eigenvalue weighted by Gasteiger charge is 1.99. The van der Waals surface area contributed by atoms with Crippen molar-refractivity contribution in [1.82, 2.24) is 5.32 Å². The Kier molecular flexibility index (Phi) is 6.71. The van der Waals surface area contributed by atoms with Crippen LogP contribution in [0.4, 0.5) is 0 Å². The number of hydrogen-bond acceptors (Lipinski definition) is 2. The summed E-state index contributed by atoms with van der Waals surface area (Å²) >= 11 is 0. The van der Waals surface area contributed by atoms with Crippen LogP contribution in [0.1, 0.15) is 39.2 Å². The molecule has 1 rings (SSSR count). The Morgan fingerprint density at radius 2 is 2.06 bits per heavy atom. The first-order valence-electron chi connectivity index (χ1n) is 6.68. The summed E-state index contributed by atoms with van der Waals surface area (Å²) in [6.07, 6.45) is 3.76. The van der Waals surface area contributed by atoms with E-state index in [-0.39, 0.29) is 6.10 Å². The summed E-state index contributed by atoms with van der Waals surface area (Å²) in [7, 11) is 0. The second-order valence-electron chi connectivity index (χ2n) is 4.67. The fourth-order valence-electron chi connectivity index (χ4n) is 1.77. The number of benzene rings is 1. The number of ether oxygens (including phenoxy) is 1. The monoisotopic (exact) mass is 235 g/mol. The minimum absolute atomic E-state index is 0.247. The molecule has 1 aromatic rings. The molecule has 1 aromatic carbocycles. The van der Waals surface area contributed by atoms with E-state index in [4.69, 9.17) is 4.74 Å². The Bertz CT molecular complexity index is 310. The van der Waals surface area contributed by atoms with Gasteiger partial charge in [0.05, 0.1) is 6.10 Å². The topological polar surface area (TPSA) is 21.3 Å². The van der Waals surface area contributed by atoms with Crippen molar-refractivity contribution in [1.29, 1.82) is 0 Å². The summed E-state index contributed by atoms with van der Waals surface area (Å²) in [6.45, 7) is 8.53. The Morgan fingerprint density at radius 3 is 2.76 bits per heavy atom. The van der Waals surface area contributed by atoms with Crippen LogP contribution in [0.25, 0.3) is 0 Å². The average Bonchev–Trinajstić information content (AvgIpc) is 2.28. The van der Waals surface area contributed by atoms with Crippen LogP contribution < -0.4 is 10.1 Å². The summed E-state index contributed by atoms with van der Waals surface area (Å²) in [4.78, 5) is 0. The fraction of sp³-hybridized carbons (Fsp3) is 0.600. The third-order valence-corrected chi connectivity index (χ3v) is 2.52. The second-order valence-corrected chi connectivity index (χ2v) is 4.67. The Hall–Kier alpha value is -1.02. The van der Waals surface area contributed by atoms with Crippen molar-refractivity contribution in [2.45, 2.75) is 46.1 Å². The zero-order valence-corrected chi connectivity index (χ0v) is 11.3. The molecular weight excluding hydrogens is 210 g/mol. The van der Waals surface area contributed by atoms with Crippen LogP contribution in [-0.4, -0.2) is 19.2 Å². The number of hydrogen-bond donors (Lipinski definition) is 1. The molecule has 0 unspecified atom stereocenters. The van der Waals surface area contributed by atoms with Crippen LogP contribution in [0.2, 0.25) is 0 Å². The summed E-state index contributed by atoms with van der Waals surface area (Å²) in [6, 6.07) is 8.43. The molecule has 96 valence electrons. The van der Waals surface area contributed by atoms with Gasteiger partial charge in [-0.15, -0.1) is 0 Å². The molecule has 2 heteroatoms. The van der Waals surface area contributed by atoms with Crippen molar-refractivity contribution in [3.8, 4) is 5.75 Å². The largest absolute Gasteiger partial charge is 0.491 e. The van der Waals surface area contributed by atoms with E-state index >= 15 is 0 Å². The van der Waals surface area contributed by atoms with Crippen LogP contribution >= 0.6 is 0 Å². The van der Waals surface area contributed by atoms with Gasteiger partial charge in [0, 0.05) is 0 Å². The van der Waals surface area contributed by atoms with E-state index in [9.17, 15) is 0 Å². The van der Waals surface area contributed by atoms with E-state index in [2.05, 4.69) is 44.3 Å². The van der Waals surface area contributed by atoms with Gasteiger partial charge in [-0.1, -0.05) is 19.1 Å². The Balaban J connectivity index is 2.32. The molecule has 0 amide bonds. The molecule has 0 bridgehead atoms. The van der Waals surface area contributed by atoms with Crippen molar-refractivity contribution in [2.24, 2.45) is 0 Å². The molecule has 0 spiro atoms. The van der Waals surface area contributed by atoms with Crippen molar-refractivity contribution < 1.29 is 4.74 Å². The first-order chi connectivity index (χ1) is 8.22. The minimum Gasteiger partial charge on any atom is -0.491 e. The van der Waals surface area contributed by atoms with E-state index < -0.39 is 0 Å². The third-order valence-electron chi connectivity index (χ3n) is 2.52. The molecule has 0 aliphatic rings. The van der Waals surface area contributed by atoms with Gasteiger partial charge in [-0.2, -0.15) is 0 Å². The van der Waals surface area contributed by atoms with Gasteiger partial charge < -0.3 is 10.1 Å². The first kappa shape index (κ1) is 14.0. The van der Waals surface area contributed by atoms with Crippen molar-refractivity contribution >= 4 is 0 Å². The molecule has 0 aromatic heterocycles. The lowest BCUT2D eigenvalue weighted by molar-refractivity contribution is 0.242. The maximum Gasteiger partial charge on any atom is 0.119 e. The predicted molar refractivity (Wildman–Crippen MR) is 73.7 cm³/mol. The highest BCUT2D eigenvalue weighted by Crippen LogP contribution is 2.15. The lowest BCUT2D eigenvalue weighted by Gasteiger charge is -2.11. The molecule has 2 nitrogen and oxygen atoms in total. The molecule has 0 heterocycles. The molecule has 17 heavy (non-hydrogen) atoms. The molecule has 0 radical (unpaired) electrons. The summed E-state index contributed by atoms with van der Waals surface area (Å²) in [5, 5.41) is 3.42. The third kappa shape index (κ3) is 6.32. The van der Waals surface area contributed by atoms with Gasteiger partial charge in [-0.05, 0) is 63.9 Å². The van der Waals surface area contributed by atoms with Gasteiger partial charge in [0.15, 0.2) is 0 Å². The smallest absolute Gasteiger partial charge is 0.119 e. The van der Waals surface area contributed by atoms with E-state index in [1.807, 2.05) is 6.07 Å². The standard InChI is InChI=1S/C15H25NO/c1-4-10-16-11-6-8-14-7-5-9-15(12-14)17-13(2)3/h5,7,9,12-13,16H,4,6,8,10-11H2,1-3H3.